The van der Waals surface area contributed by atoms with Crippen LogP contribution in [0.3, 0.4) is 0 Å². The molecule has 1 amide bonds. The Bertz CT molecular complexity index is 837. The van der Waals surface area contributed by atoms with E-state index in [-0.39, 0.29) is 31.0 Å². The number of carbonyl (C=O) groups excluding carboxylic acids is 1. The standard InChI is InChI=1S/C24H39N7O4/c1-5-10-30-11-8-20(9-12-30)35-21-7-6-19(15-28-21)16-31(18-32)24(27-3)22(26-2)23(25)29-17-34-14-13-33-4/h6-7,15,18,20,26H,3,5,8-14,16-17H2,1-2,4H3,(H2,25,29)/b24-22-. The molecule has 0 atom stereocenters. The Hall–Kier alpha value is -3.02. The Morgan fingerprint density at radius 1 is 1.37 bits per heavy atom. The lowest BCUT2D eigenvalue weighted by atomic mass is 10.1. The lowest BCUT2D eigenvalue weighted by molar-refractivity contribution is -0.117. The Balaban J connectivity index is 2.01. The van der Waals surface area contributed by atoms with Crippen molar-refractivity contribution in [1.29, 1.82) is 0 Å². The molecule has 1 aliphatic heterocycles. The number of likely N-dealkylation sites (N-methyl/N-ethyl adjacent to an activating group) is 1. The van der Waals surface area contributed by atoms with Crippen LogP contribution >= 0.6 is 0 Å². The zero-order chi connectivity index (χ0) is 25.5. The first-order valence-corrected chi connectivity index (χ1v) is 11.9. The molecule has 0 spiro atoms. The monoisotopic (exact) mass is 489 g/mol. The highest BCUT2D eigenvalue weighted by molar-refractivity contribution is 5.97. The molecule has 35 heavy (non-hydrogen) atoms. The van der Waals surface area contributed by atoms with Gasteiger partial charge in [0.05, 0.1) is 19.8 Å². The molecule has 2 rings (SSSR count). The Labute approximate surface area is 208 Å². The third-order valence-electron chi connectivity index (χ3n) is 5.55. The van der Waals surface area contributed by atoms with Crippen LogP contribution in [0.15, 0.2) is 39.8 Å². The number of amidine groups is 1. The van der Waals surface area contributed by atoms with E-state index in [1.165, 1.54) is 11.3 Å². The first-order valence-electron chi connectivity index (χ1n) is 11.9. The third-order valence-corrected chi connectivity index (χ3v) is 5.55. The van der Waals surface area contributed by atoms with E-state index in [9.17, 15) is 4.79 Å². The molecule has 0 aromatic carbocycles. The van der Waals surface area contributed by atoms with Crippen LogP contribution in [0.1, 0.15) is 31.7 Å². The van der Waals surface area contributed by atoms with Crippen LogP contribution in [0, 0.1) is 0 Å². The summed E-state index contributed by atoms with van der Waals surface area (Å²) in [7, 11) is 3.25. The number of nitrogens with one attached hydrogen (secondary N) is 1. The zero-order valence-electron chi connectivity index (χ0n) is 21.1. The van der Waals surface area contributed by atoms with E-state index in [4.69, 9.17) is 19.9 Å². The maximum Gasteiger partial charge on any atom is 0.215 e. The first-order chi connectivity index (χ1) is 17.1. The van der Waals surface area contributed by atoms with Crippen molar-refractivity contribution in [2.24, 2.45) is 15.7 Å². The predicted molar refractivity (Wildman–Crippen MR) is 136 cm³/mol. The number of aliphatic imine (C=N–C) groups is 2. The summed E-state index contributed by atoms with van der Waals surface area (Å²) in [5, 5.41) is 2.94. The molecule has 0 unspecified atom stereocenters. The third kappa shape index (κ3) is 9.27. The highest BCUT2D eigenvalue weighted by Crippen LogP contribution is 2.19. The summed E-state index contributed by atoms with van der Waals surface area (Å²) in [6.45, 7) is 10.2. The molecule has 194 valence electrons. The maximum atomic E-state index is 11.9. The van der Waals surface area contributed by atoms with Gasteiger partial charge in [0, 0.05) is 39.5 Å². The lowest BCUT2D eigenvalue weighted by Crippen LogP contribution is -2.38. The number of likely N-dealkylation sites (tertiary alicyclic amines) is 1. The normalized spacial score (nSPS) is 15.9. The topological polar surface area (TPSA) is 127 Å². The fourth-order valence-electron chi connectivity index (χ4n) is 3.74. The molecule has 1 aliphatic rings. The van der Waals surface area contributed by atoms with Crippen LogP contribution in [-0.2, 0) is 20.8 Å². The van der Waals surface area contributed by atoms with E-state index in [1.54, 1.807) is 20.4 Å². The summed E-state index contributed by atoms with van der Waals surface area (Å²) in [6.07, 6.45) is 5.69. The molecule has 0 saturated carbocycles. The Morgan fingerprint density at radius 3 is 2.71 bits per heavy atom. The summed E-state index contributed by atoms with van der Waals surface area (Å²) in [4.78, 5) is 28.4. The van der Waals surface area contributed by atoms with Crippen LogP contribution < -0.4 is 15.8 Å². The lowest BCUT2D eigenvalue weighted by Gasteiger charge is -2.31. The average Bonchev–Trinajstić information content (AvgIpc) is 2.88. The number of hydrogen-bond donors (Lipinski definition) is 2. The van der Waals surface area contributed by atoms with Gasteiger partial charge >= 0.3 is 0 Å². The fraction of sp³-hybridized carbons (Fsp3) is 0.583. The van der Waals surface area contributed by atoms with Crippen molar-refractivity contribution in [1.82, 2.24) is 20.1 Å². The predicted octanol–water partition coefficient (Wildman–Crippen LogP) is 1.36. The molecule has 11 nitrogen and oxygen atoms in total. The number of ether oxygens (including phenoxy) is 3. The number of pyridine rings is 1. The van der Waals surface area contributed by atoms with Gasteiger partial charge in [-0.25, -0.2) is 15.0 Å². The average molecular weight is 490 g/mol. The van der Waals surface area contributed by atoms with Crippen LogP contribution in [0.25, 0.3) is 0 Å². The highest BCUT2D eigenvalue weighted by Gasteiger charge is 2.20. The molecule has 0 bridgehead atoms. The van der Waals surface area contributed by atoms with E-state index in [2.05, 4.69) is 38.8 Å². The molecular formula is C24H39N7O4. The number of carbonyl (C=O) groups is 1. The highest BCUT2D eigenvalue weighted by atomic mass is 16.5. The first kappa shape index (κ1) is 28.2. The van der Waals surface area contributed by atoms with Crippen molar-refractivity contribution in [3.05, 3.63) is 35.4 Å². The van der Waals surface area contributed by atoms with Crippen molar-refractivity contribution in [2.75, 3.05) is 53.7 Å². The van der Waals surface area contributed by atoms with Gasteiger partial charge < -0.3 is 30.2 Å². The van der Waals surface area contributed by atoms with E-state index in [1.807, 2.05) is 12.1 Å². The second-order valence-corrected chi connectivity index (χ2v) is 8.08. The van der Waals surface area contributed by atoms with Gasteiger partial charge in [-0.15, -0.1) is 0 Å². The second-order valence-electron chi connectivity index (χ2n) is 8.08. The number of aromatic nitrogens is 1. The minimum absolute atomic E-state index is 0.0505. The van der Waals surface area contributed by atoms with E-state index >= 15 is 0 Å². The Morgan fingerprint density at radius 2 is 2.14 bits per heavy atom. The summed E-state index contributed by atoms with van der Waals surface area (Å²) in [5.74, 6) is 0.976. The minimum atomic E-state index is 0.0505. The number of amides is 1. The van der Waals surface area contributed by atoms with Gasteiger partial charge in [0.25, 0.3) is 0 Å². The van der Waals surface area contributed by atoms with Crippen molar-refractivity contribution in [3.8, 4) is 5.88 Å². The maximum absolute atomic E-state index is 11.9. The SMILES string of the molecule is C=N/C(=C(NC)\C(N)=N/COCCOC)N(C=O)Cc1ccc(OC2CCN(CCC)CC2)nc1. The van der Waals surface area contributed by atoms with Crippen LogP contribution in [0.2, 0.25) is 0 Å². The number of nitrogens with zero attached hydrogens (tertiary/aromatic N) is 5. The molecule has 0 radical (unpaired) electrons. The van der Waals surface area contributed by atoms with E-state index < -0.39 is 0 Å². The van der Waals surface area contributed by atoms with Gasteiger partial charge in [0.2, 0.25) is 12.3 Å². The molecule has 1 aromatic heterocycles. The van der Waals surface area contributed by atoms with Crippen LogP contribution in [0.5, 0.6) is 5.88 Å². The van der Waals surface area contributed by atoms with Crippen LogP contribution in [-0.4, -0.2) is 93.6 Å². The quantitative estimate of drug-likeness (QED) is 0.154. The molecular weight excluding hydrogens is 450 g/mol. The molecule has 1 fully saturated rings. The summed E-state index contributed by atoms with van der Waals surface area (Å²) >= 11 is 0. The van der Waals surface area contributed by atoms with Gasteiger partial charge in [-0.2, -0.15) is 0 Å². The second kappa shape index (κ2) is 15.8. The molecule has 0 aliphatic carbocycles. The fourth-order valence-corrected chi connectivity index (χ4v) is 3.74. The number of rotatable bonds is 16. The molecule has 2 heterocycles. The molecule has 1 aromatic rings. The van der Waals surface area contributed by atoms with E-state index in [0.717, 1.165) is 38.0 Å². The number of hydrogen-bond acceptors (Lipinski definition) is 9. The number of methoxy groups -OCH3 is 1. The Kier molecular flexibility index (Phi) is 12.7. The smallest absolute Gasteiger partial charge is 0.215 e. The summed E-state index contributed by atoms with van der Waals surface area (Å²) < 4.78 is 16.3. The number of piperidine rings is 1. The molecule has 1 saturated heterocycles. The summed E-state index contributed by atoms with van der Waals surface area (Å²) in [6, 6.07) is 3.71. The van der Waals surface area contributed by atoms with Gasteiger partial charge in [0.1, 0.15) is 24.4 Å². The van der Waals surface area contributed by atoms with Crippen molar-refractivity contribution in [3.63, 3.8) is 0 Å². The zero-order valence-corrected chi connectivity index (χ0v) is 21.1. The van der Waals surface area contributed by atoms with Crippen molar-refractivity contribution < 1.29 is 19.0 Å². The van der Waals surface area contributed by atoms with Gasteiger partial charge in [-0.3, -0.25) is 9.69 Å². The van der Waals surface area contributed by atoms with Gasteiger partial charge in [-0.1, -0.05) is 13.0 Å². The van der Waals surface area contributed by atoms with Gasteiger partial charge in [-0.05, 0) is 38.1 Å². The van der Waals surface area contributed by atoms with Crippen molar-refractivity contribution >= 4 is 19.0 Å². The molecule has 3 N–H and O–H groups in total. The summed E-state index contributed by atoms with van der Waals surface area (Å²) in [5.41, 5.74) is 7.26. The number of nitrogens with two attached hydrogens (primary N) is 1. The largest absolute Gasteiger partial charge is 0.474 e. The van der Waals surface area contributed by atoms with E-state index in [0.29, 0.717) is 31.2 Å². The van der Waals surface area contributed by atoms with Crippen LogP contribution in [0.4, 0.5) is 0 Å². The minimum Gasteiger partial charge on any atom is -0.474 e. The van der Waals surface area contributed by atoms with Crippen molar-refractivity contribution in [2.45, 2.75) is 38.8 Å². The van der Waals surface area contributed by atoms with Gasteiger partial charge in [0.15, 0.2) is 5.82 Å². The molecule has 11 heteroatoms.